The first-order valence-corrected chi connectivity index (χ1v) is 7.26. The molecule has 0 aromatic heterocycles. The minimum Gasteiger partial charge on any atom is -0.391 e. The van der Waals surface area contributed by atoms with E-state index in [0.717, 1.165) is 12.1 Å². The Bertz CT molecular complexity index is 527. The second-order valence-corrected chi connectivity index (χ2v) is 5.52. The molecule has 1 aromatic rings. The van der Waals surface area contributed by atoms with Gasteiger partial charge in [0.25, 0.3) is 11.8 Å². The van der Waals surface area contributed by atoms with Crippen LogP contribution in [0.5, 0.6) is 0 Å². The van der Waals surface area contributed by atoms with Gasteiger partial charge in [0, 0.05) is 18.2 Å². The number of hydrogen-bond acceptors (Lipinski definition) is 5. The summed E-state index contributed by atoms with van der Waals surface area (Å²) in [5.41, 5.74) is 2.88. The van der Waals surface area contributed by atoms with Gasteiger partial charge in [0.15, 0.2) is 0 Å². The van der Waals surface area contributed by atoms with E-state index in [1.54, 1.807) is 12.1 Å². The van der Waals surface area contributed by atoms with Crippen LogP contribution in [0.3, 0.4) is 0 Å². The minimum absolute atomic E-state index is 0. The van der Waals surface area contributed by atoms with Crippen molar-refractivity contribution in [2.75, 3.05) is 0 Å². The van der Waals surface area contributed by atoms with Crippen molar-refractivity contribution >= 4 is 11.8 Å². The number of aliphatic hydroxyl groups excluding tert-OH is 1. The molecule has 1 saturated carbocycles. The number of amides is 2. The summed E-state index contributed by atoms with van der Waals surface area (Å²) in [5, 5.41) is 23.9. The fourth-order valence-electron chi connectivity index (χ4n) is 2.02. The fourth-order valence-corrected chi connectivity index (χ4v) is 2.02. The van der Waals surface area contributed by atoms with E-state index in [4.69, 9.17) is 5.21 Å². The molecule has 0 saturated heterocycles. The van der Waals surface area contributed by atoms with Crippen molar-refractivity contribution in [3.63, 3.8) is 0 Å². The third-order valence-corrected chi connectivity index (χ3v) is 3.55. The Morgan fingerprint density at radius 3 is 2.35 bits per heavy atom. The summed E-state index contributed by atoms with van der Waals surface area (Å²) in [4.78, 5) is 23.5. The van der Waals surface area contributed by atoms with Gasteiger partial charge in [0.05, 0.1) is 6.10 Å². The van der Waals surface area contributed by atoms with Crippen molar-refractivity contribution in [3.05, 3.63) is 35.4 Å². The Morgan fingerprint density at radius 1 is 1.26 bits per heavy atom. The first-order valence-electron chi connectivity index (χ1n) is 7.26. The Labute approximate surface area is 136 Å². The molecular weight excluding hydrogens is 298 g/mol. The molecular formula is C16H25N3O4. The number of rotatable bonds is 7. The summed E-state index contributed by atoms with van der Waals surface area (Å²) in [7, 11) is 0. The SMILES string of the molecule is C.C[C@@H](O)[C@H](NC(=O)c1ccc(CNC2CC2)cc1)C(=O)NO. The summed E-state index contributed by atoms with van der Waals surface area (Å²) in [6.45, 7) is 2.11. The fraction of sp³-hybridized carbons (Fsp3) is 0.500. The average Bonchev–Trinajstić information content (AvgIpc) is 3.34. The van der Waals surface area contributed by atoms with Crippen LogP contribution in [0.4, 0.5) is 0 Å². The Hall–Kier alpha value is -1.96. The van der Waals surface area contributed by atoms with Gasteiger partial charge in [-0.25, -0.2) is 5.48 Å². The van der Waals surface area contributed by atoms with Crippen molar-refractivity contribution in [1.29, 1.82) is 0 Å². The molecule has 7 heteroatoms. The highest BCUT2D eigenvalue weighted by atomic mass is 16.5. The molecule has 1 fully saturated rings. The highest BCUT2D eigenvalue weighted by molar-refractivity contribution is 5.97. The Balaban J connectivity index is 0.00000264. The molecule has 7 nitrogen and oxygen atoms in total. The lowest BCUT2D eigenvalue weighted by Crippen LogP contribution is -2.51. The molecule has 2 rings (SSSR count). The van der Waals surface area contributed by atoms with E-state index < -0.39 is 24.0 Å². The lowest BCUT2D eigenvalue weighted by molar-refractivity contribution is -0.133. The Kier molecular flexibility index (Phi) is 7.15. The number of carbonyl (C=O) groups excluding carboxylic acids is 2. The topological polar surface area (TPSA) is 111 Å². The van der Waals surface area contributed by atoms with Crippen molar-refractivity contribution < 1.29 is 19.9 Å². The van der Waals surface area contributed by atoms with E-state index >= 15 is 0 Å². The second-order valence-electron chi connectivity index (χ2n) is 5.52. The summed E-state index contributed by atoms with van der Waals surface area (Å²) < 4.78 is 0. The second kappa shape index (κ2) is 8.61. The third kappa shape index (κ3) is 5.63. The molecule has 1 aliphatic carbocycles. The number of aliphatic hydroxyl groups is 1. The third-order valence-electron chi connectivity index (χ3n) is 3.55. The molecule has 5 N–H and O–H groups in total. The van der Waals surface area contributed by atoms with Crippen molar-refractivity contribution in [1.82, 2.24) is 16.1 Å². The molecule has 1 aromatic carbocycles. The number of carbonyl (C=O) groups is 2. The normalized spacial score (nSPS) is 16.0. The summed E-state index contributed by atoms with van der Waals surface area (Å²) >= 11 is 0. The van der Waals surface area contributed by atoms with Crippen LogP contribution >= 0.6 is 0 Å². The molecule has 0 unspecified atom stereocenters. The van der Waals surface area contributed by atoms with Crippen LogP contribution in [-0.2, 0) is 11.3 Å². The van der Waals surface area contributed by atoms with E-state index in [-0.39, 0.29) is 7.43 Å². The molecule has 2 atom stereocenters. The van der Waals surface area contributed by atoms with Gasteiger partial charge in [-0.15, -0.1) is 0 Å². The van der Waals surface area contributed by atoms with Gasteiger partial charge in [-0.2, -0.15) is 0 Å². The molecule has 0 spiro atoms. The highest BCUT2D eigenvalue weighted by Crippen LogP contribution is 2.19. The average molecular weight is 323 g/mol. The van der Waals surface area contributed by atoms with E-state index in [1.165, 1.54) is 25.2 Å². The molecule has 2 amide bonds. The monoisotopic (exact) mass is 323 g/mol. The van der Waals surface area contributed by atoms with Crippen LogP contribution in [0, 0.1) is 0 Å². The molecule has 23 heavy (non-hydrogen) atoms. The molecule has 0 heterocycles. The van der Waals surface area contributed by atoms with Gasteiger partial charge in [0.1, 0.15) is 6.04 Å². The zero-order valence-electron chi connectivity index (χ0n) is 12.4. The van der Waals surface area contributed by atoms with Gasteiger partial charge in [-0.3, -0.25) is 14.8 Å². The predicted molar refractivity (Wildman–Crippen MR) is 85.9 cm³/mol. The smallest absolute Gasteiger partial charge is 0.268 e. The van der Waals surface area contributed by atoms with Gasteiger partial charge in [-0.05, 0) is 37.5 Å². The van der Waals surface area contributed by atoms with Gasteiger partial charge < -0.3 is 15.7 Å². The van der Waals surface area contributed by atoms with Gasteiger partial charge in [0.2, 0.25) is 0 Å². The molecule has 1 aliphatic rings. The number of hydroxylamine groups is 1. The van der Waals surface area contributed by atoms with Crippen LogP contribution < -0.4 is 16.1 Å². The van der Waals surface area contributed by atoms with Crippen LogP contribution in [-0.4, -0.2) is 40.3 Å². The van der Waals surface area contributed by atoms with Crippen molar-refractivity contribution in [2.24, 2.45) is 0 Å². The zero-order chi connectivity index (χ0) is 16.1. The van der Waals surface area contributed by atoms with Crippen LogP contribution in [0.1, 0.15) is 43.1 Å². The molecule has 128 valence electrons. The summed E-state index contributed by atoms with van der Waals surface area (Å²) in [6, 6.07) is 6.41. The highest BCUT2D eigenvalue weighted by Gasteiger charge is 2.25. The summed E-state index contributed by atoms with van der Waals surface area (Å²) in [6.07, 6.45) is 1.31. The lowest BCUT2D eigenvalue weighted by Gasteiger charge is -2.19. The van der Waals surface area contributed by atoms with Crippen molar-refractivity contribution in [3.8, 4) is 0 Å². The van der Waals surface area contributed by atoms with Gasteiger partial charge >= 0.3 is 0 Å². The van der Waals surface area contributed by atoms with E-state index in [9.17, 15) is 14.7 Å². The van der Waals surface area contributed by atoms with E-state index in [0.29, 0.717) is 11.6 Å². The first-order chi connectivity index (χ1) is 10.5. The molecule has 0 radical (unpaired) electrons. The maximum Gasteiger partial charge on any atom is 0.268 e. The van der Waals surface area contributed by atoms with Crippen molar-refractivity contribution in [2.45, 2.75) is 51.9 Å². The zero-order valence-corrected chi connectivity index (χ0v) is 12.4. The first kappa shape index (κ1) is 19.1. The number of hydrogen-bond donors (Lipinski definition) is 5. The predicted octanol–water partition coefficient (Wildman–Crippen LogP) is 0.559. The van der Waals surface area contributed by atoms with Crippen LogP contribution in [0.2, 0.25) is 0 Å². The summed E-state index contributed by atoms with van der Waals surface area (Å²) in [5.74, 6) is -1.36. The standard InChI is InChI=1S/C15H21N3O4.CH4/c1-9(19)13(15(21)18-22)17-14(20)11-4-2-10(3-5-11)8-16-12-6-7-12;/h2-5,9,12-13,16,19,22H,6-8H2,1H3,(H,17,20)(H,18,21);1H4/t9-,13+;/m1./s1. The minimum atomic E-state index is -1.21. The van der Waals surface area contributed by atoms with E-state index in [2.05, 4.69) is 10.6 Å². The number of nitrogens with one attached hydrogen (secondary N) is 3. The van der Waals surface area contributed by atoms with Gasteiger partial charge in [-0.1, -0.05) is 19.6 Å². The van der Waals surface area contributed by atoms with E-state index in [1.807, 2.05) is 12.1 Å². The maximum atomic E-state index is 12.1. The van der Waals surface area contributed by atoms with Crippen LogP contribution in [0.15, 0.2) is 24.3 Å². The Morgan fingerprint density at radius 2 is 1.87 bits per heavy atom. The largest absolute Gasteiger partial charge is 0.391 e. The lowest BCUT2D eigenvalue weighted by atomic mass is 10.1. The number of benzene rings is 1. The molecule has 0 bridgehead atoms. The quantitative estimate of drug-likeness (QED) is 0.372. The molecule has 0 aliphatic heterocycles. The van der Waals surface area contributed by atoms with Crippen LogP contribution in [0.25, 0.3) is 0 Å². The maximum absolute atomic E-state index is 12.1.